The van der Waals surface area contributed by atoms with Crippen molar-refractivity contribution in [1.82, 2.24) is 14.8 Å². The smallest absolute Gasteiger partial charge is 0.240 e. The van der Waals surface area contributed by atoms with Gasteiger partial charge in [0, 0.05) is 24.0 Å². The van der Waals surface area contributed by atoms with Gasteiger partial charge in [-0.1, -0.05) is 47.6 Å². The summed E-state index contributed by atoms with van der Waals surface area (Å²) in [7, 11) is -3.58. The normalized spacial score (nSPS) is 16.9. The first kappa shape index (κ1) is 22.7. The Morgan fingerprint density at radius 2 is 1.79 bits per heavy atom. The zero-order chi connectivity index (χ0) is 23.5. The van der Waals surface area contributed by atoms with Gasteiger partial charge in [-0.25, -0.2) is 17.5 Å². The quantitative estimate of drug-likeness (QED) is 0.399. The fourth-order valence-corrected chi connectivity index (χ4v) is 5.75. The highest BCUT2D eigenvalue weighted by atomic mass is 32.2. The van der Waals surface area contributed by atoms with Crippen molar-refractivity contribution in [3.05, 3.63) is 84.3 Å². The predicted molar refractivity (Wildman–Crippen MR) is 129 cm³/mol. The van der Waals surface area contributed by atoms with Gasteiger partial charge in [0.05, 0.1) is 10.6 Å². The molecule has 0 amide bonds. The van der Waals surface area contributed by atoms with Gasteiger partial charge in [0.25, 0.3) is 0 Å². The van der Waals surface area contributed by atoms with Crippen molar-refractivity contribution in [2.75, 3.05) is 19.6 Å². The molecule has 34 heavy (non-hydrogen) atoms. The van der Waals surface area contributed by atoms with E-state index in [2.05, 4.69) is 14.8 Å². The van der Waals surface area contributed by atoms with Crippen LogP contribution in [0.15, 0.2) is 82.2 Å². The molecule has 1 aromatic heterocycles. The molecule has 1 aliphatic rings. The maximum Gasteiger partial charge on any atom is 0.240 e. The van der Waals surface area contributed by atoms with Crippen molar-refractivity contribution in [2.45, 2.75) is 30.2 Å². The van der Waals surface area contributed by atoms with E-state index in [9.17, 15) is 12.8 Å². The van der Waals surface area contributed by atoms with E-state index in [0.717, 1.165) is 54.6 Å². The molecule has 1 atom stereocenters. The molecular formula is C26H26FN3O3S. The van der Waals surface area contributed by atoms with E-state index in [1.165, 1.54) is 12.1 Å². The fraction of sp³-hybridized carbons (Fsp3) is 0.269. The summed E-state index contributed by atoms with van der Waals surface area (Å²) in [5.41, 5.74) is 3.32. The topological polar surface area (TPSA) is 75.4 Å². The molecule has 0 radical (unpaired) electrons. The van der Waals surface area contributed by atoms with Gasteiger partial charge < -0.3 is 9.42 Å². The standard InChI is InChI=1S/C26H26FN3O3S/c27-21-10-13-24-25(28-33-26(24)17-21)7-4-15-30-16-14-22(18-30)29-34(31,32)23-11-8-20(9-12-23)19-5-2-1-3-6-19/h1-3,5-6,8-13,17,22,29H,4,7,14-16,18H2. The van der Waals surface area contributed by atoms with Gasteiger partial charge in [-0.3, -0.25) is 0 Å². The van der Waals surface area contributed by atoms with Gasteiger partial charge in [0.2, 0.25) is 10.0 Å². The number of hydrogen-bond acceptors (Lipinski definition) is 5. The molecule has 176 valence electrons. The third-order valence-electron chi connectivity index (χ3n) is 6.26. The highest BCUT2D eigenvalue weighted by molar-refractivity contribution is 7.89. The van der Waals surface area contributed by atoms with Crippen molar-refractivity contribution >= 4 is 21.0 Å². The number of hydrogen-bond donors (Lipinski definition) is 1. The van der Waals surface area contributed by atoms with Gasteiger partial charge >= 0.3 is 0 Å². The fourth-order valence-electron chi connectivity index (χ4n) is 4.49. The third kappa shape index (κ3) is 5.04. The molecule has 3 aromatic carbocycles. The SMILES string of the molecule is O=S(=O)(NC1CCN(CCCc2noc3cc(F)ccc23)C1)c1ccc(-c2ccccc2)cc1. The minimum Gasteiger partial charge on any atom is -0.356 e. The predicted octanol–water partition coefficient (Wildman–Crippen LogP) is 4.62. The largest absolute Gasteiger partial charge is 0.356 e. The maximum atomic E-state index is 13.3. The Kier molecular flexibility index (Phi) is 6.45. The zero-order valence-corrected chi connectivity index (χ0v) is 19.5. The van der Waals surface area contributed by atoms with Crippen LogP contribution in [0.3, 0.4) is 0 Å². The number of aromatic nitrogens is 1. The number of benzene rings is 3. The van der Waals surface area contributed by atoms with E-state index >= 15 is 0 Å². The summed E-state index contributed by atoms with van der Waals surface area (Å²) in [6, 6.07) is 21.2. The number of aryl methyl sites for hydroxylation is 1. The minimum absolute atomic E-state index is 0.116. The van der Waals surface area contributed by atoms with Crippen LogP contribution in [0.25, 0.3) is 22.1 Å². The van der Waals surface area contributed by atoms with Crippen LogP contribution in [0.4, 0.5) is 4.39 Å². The number of nitrogens with zero attached hydrogens (tertiary/aromatic N) is 2. The first-order chi connectivity index (χ1) is 16.5. The molecule has 1 saturated heterocycles. The second-order valence-electron chi connectivity index (χ2n) is 8.67. The van der Waals surface area contributed by atoms with E-state index < -0.39 is 10.0 Å². The molecule has 4 aromatic rings. The Bertz CT molecular complexity index is 1370. The van der Waals surface area contributed by atoms with Gasteiger partial charge in [0.1, 0.15) is 5.82 Å². The number of rotatable bonds is 8. The molecule has 1 aliphatic heterocycles. The Hall–Kier alpha value is -3.07. The van der Waals surface area contributed by atoms with Crippen molar-refractivity contribution < 1.29 is 17.3 Å². The summed E-state index contributed by atoms with van der Waals surface area (Å²) >= 11 is 0. The molecule has 0 saturated carbocycles. The van der Waals surface area contributed by atoms with Crippen LogP contribution < -0.4 is 4.72 Å². The number of nitrogens with one attached hydrogen (secondary N) is 1. The lowest BCUT2D eigenvalue weighted by Crippen LogP contribution is -2.37. The monoisotopic (exact) mass is 479 g/mol. The first-order valence-electron chi connectivity index (χ1n) is 11.4. The lowest BCUT2D eigenvalue weighted by Gasteiger charge is -2.16. The number of sulfonamides is 1. The summed E-state index contributed by atoms with van der Waals surface area (Å²) in [4.78, 5) is 2.54. The first-order valence-corrected chi connectivity index (χ1v) is 12.9. The summed E-state index contributed by atoms with van der Waals surface area (Å²) in [6.07, 6.45) is 2.35. The average Bonchev–Trinajstić information content (AvgIpc) is 3.46. The van der Waals surface area contributed by atoms with E-state index in [1.807, 2.05) is 42.5 Å². The molecule has 2 heterocycles. The third-order valence-corrected chi connectivity index (χ3v) is 7.80. The summed E-state index contributed by atoms with van der Waals surface area (Å²) in [5, 5.41) is 4.91. The second-order valence-corrected chi connectivity index (χ2v) is 10.4. The molecule has 0 spiro atoms. The van der Waals surface area contributed by atoms with E-state index in [-0.39, 0.29) is 16.8 Å². The van der Waals surface area contributed by atoms with Gasteiger partial charge in [0.15, 0.2) is 5.58 Å². The van der Waals surface area contributed by atoms with E-state index in [1.54, 1.807) is 18.2 Å². The van der Waals surface area contributed by atoms with Crippen LogP contribution in [0.2, 0.25) is 0 Å². The van der Waals surface area contributed by atoms with Crippen molar-refractivity contribution in [2.24, 2.45) is 0 Å². The van der Waals surface area contributed by atoms with Crippen molar-refractivity contribution in [3.8, 4) is 11.1 Å². The number of halogens is 1. The van der Waals surface area contributed by atoms with E-state index in [0.29, 0.717) is 12.1 Å². The Morgan fingerprint density at radius 3 is 2.59 bits per heavy atom. The number of fused-ring (bicyclic) bond motifs is 1. The Balaban J connectivity index is 1.13. The van der Waals surface area contributed by atoms with Gasteiger partial charge in [-0.15, -0.1) is 0 Å². The molecule has 0 bridgehead atoms. The highest BCUT2D eigenvalue weighted by Gasteiger charge is 2.27. The molecular weight excluding hydrogens is 453 g/mol. The van der Waals surface area contributed by atoms with Crippen LogP contribution >= 0.6 is 0 Å². The van der Waals surface area contributed by atoms with Gasteiger partial charge in [-0.2, -0.15) is 0 Å². The van der Waals surface area contributed by atoms with Crippen molar-refractivity contribution in [3.63, 3.8) is 0 Å². The number of likely N-dealkylation sites (tertiary alicyclic amines) is 1. The zero-order valence-electron chi connectivity index (χ0n) is 18.7. The van der Waals surface area contributed by atoms with E-state index in [4.69, 9.17) is 4.52 Å². The van der Waals surface area contributed by atoms with Crippen LogP contribution in [-0.4, -0.2) is 44.2 Å². The molecule has 1 N–H and O–H groups in total. The summed E-state index contributed by atoms with van der Waals surface area (Å²) in [5.74, 6) is -0.340. The lowest BCUT2D eigenvalue weighted by atomic mass is 10.1. The lowest BCUT2D eigenvalue weighted by molar-refractivity contribution is 0.326. The minimum atomic E-state index is -3.58. The van der Waals surface area contributed by atoms with Crippen molar-refractivity contribution in [1.29, 1.82) is 0 Å². The molecule has 1 unspecified atom stereocenters. The molecule has 8 heteroatoms. The second kappa shape index (κ2) is 9.66. The van der Waals surface area contributed by atoms with Crippen LogP contribution in [0, 0.1) is 5.82 Å². The molecule has 0 aliphatic carbocycles. The molecule has 5 rings (SSSR count). The summed E-state index contributed by atoms with van der Waals surface area (Å²) < 4.78 is 47.2. The Morgan fingerprint density at radius 1 is 1.03 bits per heavy atom. The van der Waals surface area contributed by atoms with Crippen LogP contribution in [0.5, 0.6) is 0 Å². The maximum absolute atomic E-state index is 13.3. The summed E-state index contributed by atoms with van der Waals surface area (Å²) in [6.45, 7) is 2.34. The average molecular weight is 480 g/mol. The highest BCUT2D eigenvalue weighted by Crippen LogP contribution is 2.23. The molecule has 1 fully saturated rings. The van der Waals surface area contributed by atoms with Crippen LogP contribution in [-0.2, 0) is 16.4 Å². The van der Waals surface area contributed by atoms with Gasteiger partial charge in [-0.05, 0) is 67.7 Å². The van der Waals surface area contributed by atoms with Crippen LogP contribution in [0.1, 0.15) is 18.5 Å². The molecule has 6 nitrogen and oxygen atoms in total. The Labute approximate surface area is 198 Å².